The Kier molecular flexibility index (Phi) is 7.82. The van der Waals surface area contributed by atoms with Crippen LogP contribution in [0.15, 0.2) is 24.0 Å². The van der Waals surface area contributed by atoms with Gasteiger partial charge < -0.3 is 9.22 Å². The van der Waals surface area contributed by atoms with Crippen LogP contribution in [0.2, 0.25) is 0 Å². The second-order valence-electron chi connectivity index (χ2n) is 9.86. The van der Waals surface area contributed by atoms with Crippen LogP contribution in [0.25, 0.3) is 0 Å². The molecule has 1 saturated carbocycles. The summed E-state index contributed by atoms with van der Waals surface area (Å²) in [6.07, 6.45) is 15.3. The van der Waals surface area contributed by atoms with Gasteiger partial charge in [0, 0.05) is 5.92 Å². The number of nitrogens with zero attached hydrogens (tertiary/aromatic N) is 1. The van der Waals surface area contributed by atoms with Crippen LogP contribution in [0.4, 0.5) is 0 Å². The van der Waals surface area contributed by atoms with Gasteiger partial charge in [-0.25, -0.2) is 0 Å². The second-order valence-corrected chi connectivity index (χ2v) is 9.86. The zero-order valence-corrected chi connectivity index (χ0v) is 18.4. The summed E-state index contributed by atoms with van der Waals surface area (Å²) in [5, 5.41) is 0. The molecule has 1 aliphatic heterocycles. The minimum atomic E-state index is 0.349. The van der Waals surface area contributed by atoms with Crippen LogP contribution < -0.4 is 0 Å². The third kappa shape index (κ3) is 5.87. The maximum atomic E-state index is 6.11. The number of hydrogen-bond acceptors (Lipinski definition) is 1. The van der Waals surface area contributed by atoms with E-state index in [1.54, 1.807) is 0 Å². The Balaban J connectivity index is 0.00000117. The average Bonchev–Trinajstić information content (AvgIpc) is 2.63. The highest BCUT2D eigenvalue weighted by Crippen LogP contribution is 2.38. The number of likely N-dealkylation sites (N-methyl/N-ethyl adjacent to an activating group) is 1. The number of hydrogen-bond donors (Lipinski definition) is 0. The Morgan fingerprint density at radius 3 is 2.38 bits per heavy atom. The average molecular weight is 363 g/mol. The highest BCUT2D eigenvalue weighted by atomic mass is 16.5. The molecule has 2 nitrogen and oxygen atoms in total. The number of allylic oxidation sites excluding steroid dienone is 3. The van der Waals surface area contributed by atoms with Gasteiger partial charge in [-0.1, -0.05) is 53.5 Å². The first-order valence-corrected chi connectivity index (χ1v) is 11.2. The van der Waals surface area contributed by atoms with Crippen LogP contribution in [-0.2, 0) is 4.74 Å². The molecule has 2 fully saturated rings. The van der Waals surface area contributed by atoms with E-state index in [0.29, 0.717) is 11.3 Å². The number of fused-ring (bicyclic) bond motifs is 1. The summed E-state index contributed by atoms with van der Waals surface area (Å²) in [7, 11) is 2.45. The summed E-state index contributed by atoms with van der Waals surface area (Å²) in [5.41, 5.74) is 0.349. The SMILES string of the molecule is CC.CC(C)(C)C1C=CC(OCC[N+]2(C)CCC3CCCCC3C2)=CC1. The summed E-state index contributed by atoms with van der Waals surface area (Å²) < 4.78 is 7.33. The Morgan fingerprint density at radius 1 is 1.08 bits per heavy atom. The van der Waals surface area contributed by atoms with Crippen molar-refractivity contribution in [2.45, 2.75) is 73.1 Å². The van der Waals surface area contributed by atoms with Gasteiger partial charge in [-0.05, 0) is 55.1 Å². The van der Waals surface area contributed by atoms with Crippen molar-refractivity contribution in [3.8, 4) is 0 Å². The molecule has 0 N–H and O–H groups in total. The van der Waals surface area contributed by atoms with Crippen molar-refractivity contribution in [1.29, 1.82) is 0 Å². The van der Waals surface area contributed by atoms with Crippen molar-refractivity contribution < 1.29 is 9.22 Å². The fraction of sp³-hybridized carbons (Fsp3) is 0.833. The van der Waals surface area contributed by atoms with E-state index in [0.717, 1.165) is 37.2 Å². The van der Waals surface area contributed by atoms with Gasteiger partial charge in [-0.15, -0.1) is 0 Å². The van der Waals surface area contributed by atoms with E-state index in [4.69, 9.17) is 4.74 Å². The molecule has 0 spiro atoms. The molecule has 2 heteroatoms. The minimum Gasteiger partial charge on any atom is -0.488 e. The zero-order chi connectivity index (χ0) is 19.2. The van der Waals surface area contributed by atoms with Crippen molar-refractivity contribution in [3.63, 3.8) is 0 Å². The van der Waals surface area contributed by atoms with Gasteiger partial charge in [0.2, 0.25) is 0 Å². The largest absolute Gasteiger partial charge is 0.488 e. The molecule has 0 aromatic carbocycles. The van der Waals surface area contributed by atoms with E-state index in [1.165, 1.54) is 49.7 Å². The van der Waals surface area contributed by atoms with E-state index in [1.807, 2.05) is 13.8 Å². The van der Waals surface area contributed by atoms with Gasteiger partial charge in [-0.2, -0.15) is 0 Å². The topological polar surface area (TPSA) is 9.23 Å². The standard InChI is InChI=1S/C22H38NO.C2H6/c1-22(2,3)20-9-11-21(12-10-20)24-16-15-23(4)14-13-18-7-5-6-8-19(18)17-23;1-2/h9,11-12,18-20H,5-8,10,13-17H2,1-4H3;1-2H3/q+1;. The molecule has 0 bridgehead atoms. The first kappa shape index (κ1) is 21.5. The monoisotopic (exact) mass is 362 g/mol. The molecule has 0 aromatic rings. The van der Waals surface area contributed by atoms with Gasteiger partial charge in [0.25, 0.3) is 0 Å². The normalized spacial score (nSPS) is 34.2. The van der Waals surface area contributed by atoms with Crippen LogP contribution in [0.3, 0.4) is 0 Å². The number of rotatable bonds is 4. The maximum Gasteiger partial charge on any atom is 0.137 e. The number of quaternary nitrogens is 1. The second kappa shape index (κ2) is 9.44. The van der Waals surface area contributed by atoms with Gasteiger partial charge >= 0.3 is 0 Å². The maximum absolute atomic E-state index is 6.11. The molecule has 4 unspecified atom stereocenters. The Morgan fingerprint density at radius 2 is 1.77 bits per heavy atom. The van der Waals surface area contributed by atoms with Crippen LogP contribution in [-0.4, -0.2) is 37.8 Å². The first-order chi connectivity index (χ1) is 12.4. The summed E-state index contributed by atoms with van der Waals surface area (Å²) in [6.45, 7) is 15.7. The molecule has 150 valence electrons. The Hall–Kier alpha value is -0.760. The highest BCUT2D eigenvalue weighted by molar-refractivity contribution is 5.19. The van der Waals surface area contributed by atoms with E-state index < -0.39 is 0 Å². The number of ether oxygens (including phenoxy) is 1. The summed E-state index contributed by atoms with van der Waals surface area (Å²) in [6, 6.07) is 0. The van der Waals surface area contributed by atoms with Crippen molar-refractivity contribution in [3.05, 3.63) is 24.0 Å². The van der Waals surface area contributed by atoms with Crippen LogP contribution in [0.1, 0.15) is 73.1 Å². The molecule has 26 heavy (non-hydrogen) atoms. The number of piperidine rings is 1. The van der Waals surface area contributed by atoms with Crippen LogP contribution >= 0.6 is 0 Å². The molecule has 0 aromatic heterocycles. The van der Waals surface area contributed by atoms with Crippen molar-refractivity contribution in [1.82, 2.24) is 0 Å². The van der Waals surface area contributed by atoms with Crippen molar-refractivity contribution in [2.75, 3.05) is 33.3 Å². The fourth-order valence-corrected chi connectivity index (χ4v) is 4.98. The smallest absolute Gasteiger partial charge is 0.137 e. The molecule has 4 atom stereocenters. The summed E-state index contributed by atoms with van der Waals surface area (Å²) >= 11 is 0. The predicted octanol–water partition coefficient (Wildman–Crippen LogP) is 6.19. The zero-order valence-electron chi connectivity index (χ0n) is 18.4. The molecule has 2 aliphatic carbocycles. The number of likely N-dealkylation sites (tertiary alicyclic amines) is 1. The van der Waals surface area contributed by atoms with Crippen LogP contribution in [0, 0.1) is 23.2 Å². The third-order valence-corrected chi connectivity index (χ3v) is 6.86. The highest BCUT2D eigenvalue weighted by Gasteiger charge is 2.38. The van der Waals surface area contributed by atoms with Gasteiger partial charge in [0.1, 0.15) is 18.9 Å². The lowest BCUT2D eigenvalue weighted by atomic mass is 9.74. The van der Waals surface area contributed by atoms with Gasteiger partial charge in [0.15, 0.2) is 0 Å². The molecule has 3 rings (SSSR count). The fourth-order valence-electron chi connectivity index (χ4n) is 4.98. The predicted molar refractivity (Wildman–Crippen MR) is 113 cm³/mol. The quantitative estimate of drug-likeness (QED) is 0.542. The van der Waals surface area contributed by atoms with Crippen molar-refractivity contribution >= 4 is 0 Å². The molecule has 0 amide bonds. The Labute approximate surface area is 163 Å². The van der Waals surface area contributed by atoms with Gasteiger partial charge in [0.05, 0.1) is 20.1 Å². The van der Waals surface area contributed by atoms with Crippen molar-refractivity contribution in [2.24, 2.45) is 23.2 Å². The van der Waals surface area contributed by atoms with E-state index >= 15 is 0 Å². The minimum absolute atomic E-state index is 0.349. The molecular formula is C24H44NO+. The van der Waals surface area contributed by atoms with E-state index in [2.05, 4.69) is 46.0 Å². The Bertz CT molecular complexity index is 487. The lowest BCUT2D eigenvalue weighted by Crippen LogP contribution is -2.55. The molecular weight excluding hydrogens is 318 g/mol. The molecule has 0 radical (unpaired) electrons. The lowest BCUT2D eigenvalue weighted by Gasteiger charge is -2.46. The summed E-state index contributed by atoms with van der Waals surface area (Å²) in [5.74, 6) is 3.75. The molecule has 3 aliphatic rings. The van der Waals surface area contributed by atoms with E-state index in [-0.39, 0.29) is 0 Å². The lowest BCUT2D eigenvalue weighted by molar-refractivity contribution is -0.919. The molecule has 1 heterocycles. The molecule has 1 saturated heterocycles. The summed E-state index contributed by atoms with van der Waals surface area (Å²) in [4.78, 5) is 0. The van der Waals surface area contributed by atoms with Gasteiger partial charge in [-0.3, -0.25) is 0 Å². The van der Waals surface area contributed by atoms with Crippen LogP contribution in [0.5, 0.6) is 0 Å². The first-order valence-electron chi connectivity index (χ1n) is 11.2. The third-order valence-electron chi connectivity index (χ3n) is 6.86. The van der Waals surface area contributed by atoms with E-state index in [9.17, 15) is 0 Å².